The molecule has 9 heteroatoms. The molecule has 1 aliphatic heterocycles. The molecule has 0 bridgehead atoms. The third-order valence-corrected chi connectivity index (χ3v) is 3.97. The highest BCUT2D eigenvalue weighted by Crippen LogP contribution is 2.32. The first-order chi connectivity index (χ1) is 12.8. The van der Waals surface area contributed by atoms with Crippen molar-refractivity contribution in [2.45, 2.75) is 12.7 Å². The van der Waals surface area contributed by atoms with Gasteiger partial charge in [-0.05, 0) is 29.8 Å². The van der Waals surface area contributed by atoms with Gasteiger partial charge in [0.05, 0.1) is 24.2 Å². The predicted molar refractivity (Wildman–Crippen MR) is 89.8 cm³/mol. The first-order valence-electron chi connectivity index (χ1n) is 7.90. The lowest BCUT2D eigenvalue weighted by atomic mass is 10.1. The molecular formula is C18H14F3N3O3. The molecule has 2 N–H and O–H groups in total. The zero-order valence-corrected chi connectivity index (χ0v) is 13.8. The number of carbonyl (C=O) groups excluding carboxylic acids is 3. The molecule has 27 heavy (non-hydrogen) atoms. The molecule has 0 atom stereocenters. The molecule has 1 heterocycles. The van der Waals surface area contributed by atoms with Crippen LogP contribution in [0.5, 0.6) is 0 Å². The monoisotopic (exact) mass is 377 g/mol. The van der Waals surface area contributed by atoms with Gasteiger partial charge in [-0.15, -0.1) is 0 Å². The van der Waals surface area contributed by atoms with E-state index in [0.29, 0.717) is 5.56 Å². The van der Waals surface area contributed by atoms with E-state index >= 15 is 0 Å². The van der Waals surface area contributed by atoms with E-state index in [1.807, 2.05) is 0 Å². The van der Waals surface area contributed by atoms with Gasteiger partial charge in [0.15, 0.2) is 0 Å². The van der Waals surface area contributed by atoms with E-state index in [4.69, 9.17) is 0 Å². The summed E-state index contributed by atoms with van der Waals surface area (Å²) < 4.78 is 39.0. The minimum Gasteiger partial charge on any atom is -0.329 e. The molecule has 0 spiro atoms. The Balaban J connectivity index is 1.71. The van der Waals surface area contributed by atoms with E-state index in [2.05, 4.69) is 10.6 Å². The minimum absolute atomic E-state index is 0.0500. The van der Waals surface area contributed by atoms with Crippen molar-refractivity contribution in [1.82, 2.24) is 10.2 Å². The normalized spacial score (nSPS) is 14.3. The van der Waals surface area contributed by atoms with Crippen LogP contribution < -0.4 is 10.6 Å². The highest BCUT2D eigenvalue weighted by atomic mass is 19.4. The second-order valence-corrected chi connectivity index (χ2v) is 5.83. The number of carbonyl (C=O) groups is 3. The van der Waals surface area contributed by atoms with Gasteiger partial charge in [-0.3, -0.25) is 14.5 Å². The maximum atomic E-state index is 13.0. The van der Waals surface area contributed by atoms with Crippen LogP contribution >= 0.6 is 0 Å². The van der Waals surface area contributed by atoms with E-state index < -0.39 is 29.2 Å². The van der Waals surface area contributed by atoms with Crippen molar-refractivity contribution in [2.75, 3.05) is 11.9 Å². The van der Waals surface area contributed by atoms with Crippen LogP contribution in [0.25, 0.3) is 0 Å². The molecule has 0 aliphatic carbocycles. The zero-order chi connectivity index (χ0) is 19.6. The molecule has 0 aromatic heterocycles. The van der Waals surface area contributed by atoms with Gasteiger partial charge in [0, 0.05) is 5.69 Å². The summed E-state index contributed by atoms with van der Waals surface area (Å²) in [5, 5.41) is 4.81. The van der Waals surface area contributed by atoms with Crippen molar-refractivity contribution in [2.24, 2.45) is 0 Å². The molecular weight excluding hydrogens is 363 g/mol. The van der Waals surface area contributed by atoms with Crippen LogP contribution in [-0.4, -0.2) is 29.3 Å². The predicted octanol–water partition coefficient (Wildman–Crippen LogP) is 3.01. The molecule has 1 saturated heterocycles. The highest BCUT2D eigenvalue weighted by Gasteiger charge is 2.34. The van der Waals surface area contributed by atoms with Gasteiger partial charge in [-0.25, -0.2) is 4.79 Å². The average Bonchev–Trinajstić information content (AvgIpc) is 2.94. The van der Waals surface area contributed by atoms with Gasteiger partial charge < -0.3 is 10.6 Å². The molecule has 0 unspecified atom stereocenters. The van der Waals surface area contributed by atoms with Gasteiger partial charge >= 0.3 is 12.2 Å². The van der Waals surface area contributed by atoms with Gasteiger partial charge in [-0.2, -0.15) is 13.2 Å². The maximum Gasteiger partial charge on any atom is 0.417 e. The molecule has 1 aliphatic rings. The third kappa shape index (κ3) is 4.08. The third-order valence-electron chi connectivity index (χ3n) is 3.97. The Morgan fingerprint density at radius 3 is 2.33 bits per heavy atom. The molecule has 0 radical (unpaired) electrons. The minimum atomic E-state index is -4.64. The molecule has 4 amide bonds. The molecule has 2 aromatic rings. The number of anilines is 1. The second kappa shape index (κ2) is 7.10. The Bertz CT molecular complexity index is 879. The fourth-order valence-corrected chi connectivity index (χ4v) is 2.62. The Kier molecular flexibility index (Phi) is 4.85. The molecule has 3 rings (SSSR count). The zero-order valence-electron chi connectivity index (χ0n) is 13.8. The number of hydrogen-bond donors (Lipinski definition) is 2. The number of benzene rings is 2. The molecule has 6 nitrogen and oxygen atoms in total. The van der Waals surface area contributed by atoms with Gasteiger partial charge in [0.25, 0.3) is 5.91 Å². The maximum absolute atomic E-state index is 13.0. The second-order valence-electron chi connectivity index (χ2n) is 5.83. The smallest absolute Gasteiger partial charge is 0.329 e. The van der Waals surface area contributed by atoms with E-state index in [1.54, 1.807) is 12.1 Å². The summed E-state index contributed by atoms with van der Waals surface area (Å²) in [6, 6.07) is 10.1. The van der Waals surface area contributed by atoms with Crippen LogP contribution in [0.4, 0.5) is 23.7 Å². The standard InChI is InChI=1S/C18H14F3N3O3/c19-18(20,21)14-4-2-1-3-13(14)16(26)23-12-7-5-11(6-8-12)10-24-15(25)9-22-17(24)27/h1-8H,9-10H2,(H,22,27)(H,23,26). The number of rotatable bonds is 4. The number of amides is 4. The van der Waals surface area contributed by atoms with E-state index in [9.17, 15) is 27.6 Å². The summed E-state index contributed by atoms with van der Waals surface area (Å²) in [6.07, 6.45) is -4.64. The quantitative estimate of drug-likeness (QED) is 0.804. The van der Waals surface area contributed by atoms with Gasteiger partial charge in [0.1, 0.15) is 0 Å². The van der Waals surface area contributed by atoms with Crippen molar-refractivity contribution in [3.63, 3.8) is 0 Å². The number of nitrogens with one attached hydrogen (secondary N) is 2. The highest BCUT2D eigenvalue weighted by molar-refractivity contribution is 6.05. The van der Waals surface area contributed by atoms with Crippen molar-refractivity contribution in [3.8, 4) is 0 Å². The number of halogens is 3. The molecule has 140 valence electrons. The van der Waals surface area contributed by atoms with Crippen LogP contribution in [0.1, 0.15) is 21.5 Å². The summed E-state index contributed by atoms with van der Waals surface area (Å²) in [5.74, 6) is -1.23. The lowest BCUT2D eigenvalue weighted by Gasteiger charge is -2.14. The number of nitrogens with zero attached hydrogens (tertiary/aromatic N) is 1. The van der Waals surface area contributed by atoms with Crippen LogP contribution in [0.2, 0.25) is 0 Å². The Morgan fingerprint density at radius 2 is 1.74 bits per heavy atom. The van der Waals surface area contributed by atoms with E-state index in [0.717, 1.165) is 17.0 Å². The average molecular weight is 377 g/mol. The fraction of sp³-hybridized carbons (Fsp3) is 0.167. The summed E-state index contributed by atoms with van der Waals surface area (Å²) >= 11 is 0. The van der Waals surface area contributed by atoms with Gasteiger partial charge in [-0.1, -0.05) is 24.3 Å². The number of hydrogen-bond acceptors (Lipinski definition) is 3. The van der Waals surface area contributed by atoms with E-state index in [-0.39, 0.29) is 24.7 Å². The SMILES string of the molecule is O=C(Nc1ccc(CN2C(=O)CNC2=O)cc1)c1ccccc1C(F)(F)F. The fourth-order valence-electron chi connectivity index (χ4n) is 2.62. The van der Waals surface area contributed by atoms with Crippen LogP contribution in [0, 0.1) is 0 Å². The van der Waals surface area contributed by atoms with Gasteiger partial charge in [0.2, 0.25) is 5.91 Å². The molecule has 2 aromatic carbocycles. The van der Waals surface area contributed by atoms with Crippen molar-refractivity contribution < 1.29 is 27.6 Å². The number of imide groups is 1. The first kappa shape index (κ1) is 18.4. The first-order valence-corrected chi connectivity index (χ1v) is 7.90. The Labute approximate surface area is 152 Å². The number of urea groups is 1. The summed E-state index contributed by atoms with van der Waals surface area (Å²) in [5.41, 5.74) is -0.571. The lowest BCUT2D eigenvalue weighted by Crippen LogP contribution is -2.30. The summed E-state index contributed by atoms with van der Waals surface area (Å²) in [6.45, 7) is 0.0153. The van der Waals surface area contributed by atoms with Crippen molar-refractivity contribution in [3.05, 3.63) is 65.2 Å². The van der Waals surface area contributed by atoms with Crippen molar-refractivity contribution >= 4 is 23.5 Å². The largest absolute Gasteiger partial charge is 0.417 e. The van der Waals surface area contributed by atoms with Crippen molar-refractivity contribution in [1.29, 1.82) is 0 Å². The molecule has 1 fully saturated rings. The molecule has 0 saturated carbocycles. The Hall–Kier alpha value is -3.36. The summed E-state index contributed by atoms with van der Waals surface area (Å²) in [4.78, 5) is 36.3. The lowest BCUT2D eigenvalue weighted by molar-refractivity contribution is -0.137. The van der Waals surface area contributed by atoms with Crippen LogP contribution in [0.3, 0.4) is 0 Å². The van der Waals surface area contributed by atoms with Crippen LogP contribution in [0.15, 0.2) is 48.5 Å². The van der Waals surface area contributed by atoms with E-state index in [1.165, 1.54) is 24.3 Å². The summed E-state index contributed by atoms with van der Waals surface area (Å²) in [7, 11) is 0. The number of alkyl halides is 3. The van der Waals surface area contributed by atoms with Crippen LogP contribution in [-0.2, 0) is 17.5 Å². The topological polar surface area (TPSA) is 78.5 Å². The Morgan fingerprint density at radius 1 is 1.07 bits per heavy atom.